The van der Waals surface area contributed by atoms with Gasteiger partial charge >= 0.3 is 6.03 Å². The van der Waals surface area contributed by atoms with Crippen LogP contribution in [-0.4, -0.2) is 45.5 Å². The third-order valence-corrected chi connectivity index (χ3v) is 3.98. The van der Waals surface area contributed by atoms with Gasteiger partial charge in [0.1, 0.15) is 0 Å². The van der Waals surface area contributed by atoms with E-state index < -0.39 is 0 Å². The van der Waals surface area contributed by atoms with Crippen molar-refractivity contribution in [2.24, 2.45) is 5.92 Å². The van der Waals surface area contributed by atoms with Crippen LogP contribution >= 0.6 is 0 Å². The van der Waals surface area contributed by atoms with Crippen molar-refractivity contribution < 1.29 is 9.90 Å². The summed E-state index contributed by atoms with van der Waals surface area (Å²) in [6.07, 6.45) is 4.51. The van der Waals surface area contributed by atoms with E-state index in [4.69, 9.17) is 5.11 Å². The molecular weight excluding hydrogens is 280 g/mol. The van der Waals surface area contributed by atoms with E-state index in [1.165, 1.54) is 0 Å². The summed E-state index contributed by atoms with van der Waals surface area (Å²) in [5.74, 6) is 0.221. The molecule has 1 atom stereocenters. The number of nitrogens with zero attached hydrogens (tertiary/aromatic N) is 3. The lowest BCUT2D eigenvalue weighted by molar-refractivity contribution is 0.198. The summed E-state index contributed by atoms with van der Waals surface area (Å²) in [7, 11) is 0. The number of rotatable bonds is 4. The molecule has 0 aliphatic carbocycles. The Balaban J connectivity index is 1.52. The molecule has 0 bridgehead atoms. The number of amides is 2. The molecule has 2 aromatic rings. The van der Waals surface area contributed by atoms with E-state index >= 15 is 0 Å². The summed E-state index contributed by atoms with van der Waals surface area (Å²) in [5.41, 5.74) is 2.03. The van der Waals surface area contributed by atoms with Crippen LogP contribution in [0.3, 0.4) is 0 Å². The fraction of sp³-hybridized carbons (Fsp3) is 0.375. The molecule has 1 aromatic carbocycles. The third kappa shape index (κ3) is 3.28. The van der Waals surface area contributed by atoms with Crippen molar-refractivity contribution in [3.8, 4) is 5.69 Å². The molecule has 0 saturated carbocycles. The summed E-state index contributed by atoms with van der Waals surface area (Å²) >= 11 is 0. The Hall–Kier alpha value is -2.34. The van der Waals surface area contributed by atoms with E-state index in [-0.39, 0.29) is 18.6 Å². The predicted molar refractivity (Wildman–Crippen MR) is 82.6 cm³/mol. The van der Waals surface area contributed by atoms with Gasteiger partial charge in [0.05, 0.1) is 5.69 Å². The van der Waals surface area contributed by atoms with Crippen LogP contribution in [0.4, 0.5) is 4.79 Å². The van der Waals surface area contributed by atoms with Gasteiger partial charge in [0.25, 0.3) is 0 Å². The fourth-order valence-corrected chi connectivity index (χ4v) is 2.64. The number of hydrogen-bond donors (Lipinski definition) is 2. The van der Waals surface area contributed by atoms with E-state index in [1.54, 1.807) is 15.8 Å². The van der Waals surface area contributed by atoms with Gasteiger partial charge in [-0.2, -0.15) is 5.10 Å². The van der Waals surface area contributed by atoms with Crippen LogP contribution in [0.1, 0.15) is 12.0 Å². The maximum Gasteiger partial charge on any atom is 0.317 e. The van der Waals surface area contributed by atoms with Gasteiger partial charge in [-0.05, 0) is 30.2 Å². The number of nitrogens with one attached hydrogen (secondary N) is 1. The largest absolute Gasteiger partial charge is 0.396 e. The molecule has 1 aliphatic rings. The first kappa shape index (κ1) is 14.6. The van der Waals surface area contributed by atoms with Crippen molar-refractivity contribution in [3.05, 3.63) is 48.3 Å². The van der Waals surface area contributed by atoms with Gasteiger partial charge in [-0.25, -0.2) is 9.48 Å². The van der Waals surface area contributed by atoms with E-state index in [2.05, 4.69) is 10.4 Å². The number of aliphatic hydroxyl groups excluding tert-OH is 1. The number of likely N-dealkylation sites (tertiary alicyclic amines) is 1. The predicted octanol–water partition coefficient (Wildman–Crippen LogP) is 1.40. The number of aromatic nitrogens is 2. The topological polar surface area (TPSA) is 70.4 Å². The van der Waals surface area contributed by atoms with Gasteiger partial charge in [-0.15, -0.1) is 0 Å². The number of benzene rings is 1. The lowest BCUT2D eigenvalue weighted by atomic mass is 10.1. The van der Waals surface area contributed by atoms with Crippen molar-refractivity contribution in [2.45, 2.75) is 13.0 Å². The summed E-state index contributed by atoms with van der Waals surface area (Å²) in [4.78, 5) is 13.8. The van der Waals surface area contributed by atoms with Crippen molar-refractivity contribution in [1.29, 1.82) is 0 Å². The molecule has 0 radical (unpaired) electrons. The quantitative estimate of drug-likeness (QED) is 0.896. The zero-order valence-corrected chi connectivity index (χ0v) is 12.4. The van der Waals surface area contributed by atoms with Gasteiger partial charge in [0, 0.05) is 44.6 Å². The number of hydrogen-bond acceptors (Lipinski definition) is 3. The number of carbonyl (C=O) groups excluding carboxylic acids is 1. The SMILES string of the molecule is O=C(NCc1ccc(-n2cccn2)cc1)N1CC[C@H](CO)C1. The maximum atomic E-state index is 12.1. The van der Waals surface area contributed by atoms with E-state index in [1.807, 2.05) is 36.5 Å². The Morgan fingerprint density at radius 3 is 2.82 bits per heavy atom. The Labute approximate surface area is 129 Å². The molecule has 2 N–H and O–H groups in total. The zero-order valence-electron chi connectivity index (χ0n) is 12.4. The third-order valence-electron chi connectivity index (χ3n) is 3.98. The molecule has 2 heterocycles. The first-order valence-electron chi connectivity index (χ1n) is 7.49. The highest BCUT2D eigenvalue weighted by molar-refractivity contribution is 5.74. The Bertz CT molecular complexity index is 610. The van der Waals surface area contributed by atoms with Gasteiger partial charge in [0.2, 0.25) is 0 Å². The van der Waals surface area contributed by atoms with Crippen molar-refractivity contribution in [1.82, 2.24) is 20.0 Å². The molecule has 6 heteroatoms. The average molecular weight is 300 g/mol. The van der Waals surface area contributed by atoms with Crippen LogP contribution in [-0.2, 0) is 6.54 Å². The number of urea groups is 1. The number of aliphatic hydroxyl groups is 1. The molecule has 3 rings (SSSR count). The second-order valence-corrected chi connectivity index (χ2v) is 5.56. The van der Waals surface area contributed by atoms with E-state index in [0.717, 1.165) is 24.2 Å². The minimum Gasteiger partial charge on any atom is -0.396 e. The number of carbonyl (C=O) groups is 1. The molecule has 22 heavy (non-hydrogen) atoms. The molecule has 116 valence electrons. The van der Waals surface area contributed by atoms with Crippen molar-refractivity contribution in [2.75, 3.05) is 19.7 Å². The summed E-state index contributed by atoms with van der Waals surface area (Å²) < 4.78 is 1.79. The minimum absolute atomic E-state index is 0.0629. The van der Waals surface area contributed by atoms with E-state index in [0.29, 0.717) is 13.1 Å². The molecule has 0 spiro atoms. The van der Waals surface area contributed by atoms with E-state index in [9.17, 15) is 4.79 Å². The smallest absolute Gasteiger partial charge is 0.317 e. The standard InChI is InChI=1S/C16H20N4O2/c21-12-14-6-9-19(11-14)16(22)17-10-13-2-4-15(5-3-13)20-8-1-7-18-20/h1-5,7-8,14,21H,6,9-12H2,(H,17,22)/t14-/m0/s1. The van der Waals surface area contributed by atoms with Crippen LogP contribution in [0.5, 0.6) is 0 Å². The molecule has 2 amide bonds. The van der Waals surface area contributed by atoms with Gasteiger partial charge in [0.15, 0.2) is 0 Å². The maximum absolute atomic E-state index is 12.1. The van der Waals surface area contributed by atoms with Crippen LogP contribution < -0.4 is 5.32 Å². The van der Waals surface area contributed by atoms with Gasteiger partial charge < -0.3 is 15.3 Å². The van der Waals surface area contributed by atoms with Crippen LogP contribution in [0.2, 0.25) is 0 Å². The lowest BCUT2D eigenvalue weighted by Crippen LogP contribution is -2.38. The van der Waals surface area contributed by atoms with Crippen molar-refractivity contribution in [3.63, 3.8) is 0 Å². The Morgan fingerprint density at radius 1 is 1.36 bits per heavy atom. The second kappa shape index (κ2) is 6.62. The molecule has 6 nitrogen and oxygen atoms in total. The molecule has 1 fully saturated rings. The van der Waals surface area contributed by atoms with Crippen molar-refractivity contribution >= 4 is 6.03 Å². The van der Waals surface area contributed by atoms with Crippen LogP contribution in [0.25, 0.3) is 5.69 Å². The highest BCUT2D eigenvalue weighted by Gasteiger charge is 2.25. The first-order chi connectivity index (χ1) is 10.8. The summed E-state index contributed by atoms with van der Waals surface area (Å²) in [6, 6.07) is 9.74. The summed E-state index contributed by atoms with van der Waals surface area (Å²) in [6.45, 7) is 2.01. The monoisotopic (exact) mass is 300 g/mol. The van der Waals surface area contributed by atoms with Crippen LogP contribution in [0.15, 0.2) is 42.7 Å². The highest BCUT2D eigenvalue weighted by Crippen LogP contribution is 2.15. The fourth-order valence-electron chi connectivity index (χ4n) is 2.64. The molecule has 0 unspecified atom stereocenters. The second-order valence-electron chi connectivity index (χ2n) is 5.56. The molecular formula is C16H20N4O2. The average Bonchev–Trinajstić information content (AvgIpc) is 3.24. The summed E-state index contributed by atoms with van der Waals surface area (Å²) in [5, 5.41) is 16.2. The first-order valence-corrected chi connectivity index (χ1v) is 7.49. The van der Waals surface area contributed by atoms with Crippen LogP contribution in [0, 0.1) is 5.92 Å². The van der Waals surface area contributed by atoms with Gasteiger partial charge in [-0.1, -0.05) is 12.1 Å². The minimum atomic E-state index is -0.0629. The molecule has 1 aliphatic heterocycles. The Morgan fingerprint density at radius 2 is 2.18 bits per heavy atom. The normalized spacial score (nSPS) is 17.7. The molecule has 1 aromatic heterocycles. The highest BCUT2D eigenvalue weighted by atomic mass is 16.3. The zero-order chi connectivity index (χ0) is 15.4. The molecule has 1 saturated heterocycles. The Kier molecular flexibility index (Phi) is 4.39. The lowest BCUT2D eigenvalue weighted by Gasteiger charge is -2.17. The van der Waals surface area contributed by atoms with Gasteiger partial charge in [-0.3, -0.25) is 0 Å².